The van der Waals surface area contributed by atoms with Crippen LogP contribution in [0.15, 0.2) is 0 Å². The minimum Gasteiger partial charge on any atom is -0.324 e. The lowest BCUT2D eigenvalue weighted by Crippen LogP contribution is -2.64. The maximum atomic E-state index is 6.47. The number of hydrogen-bond acceptors (Lipinski definition) is 4. The van der Waals surface area contributed by atoms with Crippen molar-refractivity contribution in [2.24, 2.45) is 5.73 Å². The first-order chi connectivity index (χ1) is 7.48. The van der Waals surface area contributed by atoms with Crippen LogP contribution in [0, 0.1) is 0 Å². The van der Waals surface area contributed by atoms with Crippen LogP contribution < -0.4 is 5.73 Å². The van der Waals surface area contributed by atoms with E-state index in [0.717, 1.165) is 38.5 Å². The lowest BCUT2D eigenvalue weighted by Gasteiger charge is -2.48. The molecule has 4 nitrogen and oxygen atoms in total. The Morgan fingerprint density at radius 1 is 1.25 bits per heavy atom. The van der Waals surface area contributed by atoms with E-state index in [9.17, 15) is 0 Å². The minimum atomic E-state index is 0.0732. The lowest BCUT2D eigenvalue weighted by atomic mass is 9.87. The molecule has 0 aromatic carbocycles. The van der Waals surface area contributed by atoms with E-state index in [0.29, 0.717) is 0 Å². The molecular formula is C12H26N4. The number of nitrogens with zero attached hydrogens (tertiary/aromatic N) is 3. The van der Waals surface area contributed by atoms with Crippen molar-refractivity contribution in [3.63, 3.8) is 0 Å². The van der Waals surface area contributed by atoms with Gasteiger partial charge in [-0.2, -0.15) is 0 Å². The van der Waals surface area contributed by atoms with Gasteiger partial charge in [0, 0.05) is 31.2 Å². The first kappa shape index (κ1) is 12.3. The lowest BCUT2D eigenvalue weighted by molar-refractivity contribution is 0.0315. The van der Waals surface area contributed by atoms with Crippen molar-refractivity contribution < 1.29 is 0 Å². The highest BCUT2D eigenvalue weighted by Crippen LogP contribution is 2.23. The Hall–Kier alpha value is -0.160. The van der Waals surface area contributed by atoms with Crippen molar-refractivity contribution in [2.45, 2.75) is 24.4 Å². The molecule has 0 atom stereocenters. The highest BCUT2D eigenvalue weighted by Gasteiger charge is 2.36. The van der Waals surface area contributed by atoms with Crippen LogP contribution in [-0.4, -0.2) is 80.1 Å². The number of rotatable bonds is 3. The predicted molar refractivity (Wildman–Crippen MR) is 67.6 cm³/mol. The van der Waals surface area contributed by atoms with E-state index in [1.165, 1.54) is 13.1 Å². The maximum absolute atomic E-state index is 6.47. The first-order valence-corrected chi connectivity index (χ1v) is 6.35. The zero-order valence-corrected chi connectivity index (χ0v) is 10.9. The van der Waals surface area contributed by atoms with Crippen molar-refractivity contribution in [1.82, 2.24) is 14.7 Å². The summed E-state index contributed by atoms with van der Waals surface area (Å²) in [6, 6.07) is 0.745. The maximum Gasteiger partial charge on any atom is 0.0344 e. The standard InChI is InChI=1S/C12H26N4/c1-14(2)11-8-16(9-11)10-12(13)4-6-15(3)7-5-12/h11H,4-10,13H2,1-3H3. The van der Waals surface area contributed by atoms with E-state index in [2.05, 4.69) is 35.8 Å². The summed E-state index contributed by atoms with van der Waals surface area (Å²) in [5, 5.41) is 0. The van der Waals surface area contributed by atoms with E-state index < -0.39 is 0 Å². The quantitative estimate of drug-likeness (QED) is 0.714. The zero-order valence-electron chi connectivity index (χ0n) is 10.9. The number of hydrogen-bond donors (Lipinski definition) is 1. The molecule has 0 radical (unpaired) electrons. The first-order valence-electron chi connectivity index (χ1n) is 6.35. The fraction of sp³-hybridized carbons (Fsp3) is 1.00. The van der Waals surface area contributed by atoms with E-state index in [-0.39, 0.29) is 5.54 Å². The number of nitrogens with two attached hydrogens (primary N) is 1. The van der Waals surface area contributed by atoms with Gasteiger partial charge in [-0.05, 0) is 47.1 Å². The SMILES string of the molecule is CN1CCC(N)(CN2CC(N(C)C)C2)CC1. The van der Waals surface area contributed by atoms with E-state index in [1.807, 2.05) is 0 Å². The topological polar surface area (TPSA) is 35.7 Å². The monoisotopic (exact) mass is 226 g/mol. The molecule has 0 spiro atoms. The second-order valence-electron chi connectivity index (χ2n) is 5.98. The van der Waals surface area contributed by atoms with Crippen molar-refractivity contribution in [1.29, 1.82) is 0 Å². The smallest absolute Gasteiger partial charge is 0.0344 e. The molecule has 2 N–H and O–H groups in total. The third kappa shape index (κ3) is 2.74. The van der Waals surface area contributed by atoms with Gasteiger partial charge in [0.15, 0.2) is 0 Å². The van der Waals surface area contributed by atoms with Crippen LogP contribution in [0.2, 0.25) is 0 Å². The Morgan fingerprint density at radius 3 is 2.31 bits per heavy atom. The van der Waals surface area contributed by atoms with Gasteiger partial charge in [0.25, 0.3) is 0 Å². The van der Waals surface area contributed by atoms with Gasteiger partial charge >= 0.3 is 0 Å². The minimum absolute atomic E-state index is 0.0732. The van der Waals surface area contributed by atoms with Crippen LogP contribution in [0.5, 0.6) is 0 Å². The molecule has 0 aliphatic carbocycles. The Kier molecular flexibility index (Phi) is 3.54. The van der Waals surface area contributed by atoms with Gasteiger partial charge in [-0.15, -0.1) is 0 Å². The second-order valence-corrected chi connectivity index (χ2v) is 5.98. The van der Waals surface area contributed by atoms with Crippen LogP contribution in [0.25, 0.3) is 0 Å². The molecule has 16 heavy (non-hydrogen) atoms. The Morgan fingerprint density at radius 2 is 1.81 bits per heavy atom. The number of piperidine rings is 1. The zero-order chi connectivity index (χ0) is 11.8. The van der Waals surface area contributed by atoms with Crippen LogP contribution in [0.1, 0.15) is 12.8 Å². The van der Waals surface area contributed by atoms with Gasteiger partial charge in [-0.3, -0.25) is 4.90 Å². The molecule has 0 unspecified atom stereocenters. The average molecular weight is 226 g/mol. The molecule has 0 aromatic heterocycles. The second kappa shape index (κ2) is 4.61. The van der Waals surface area contributed by atoms with Crippen LogP contribution in [0.4, 0.5) is 0 Å². The molecule has 2 aliphatic heterocycles. The number of likely N-dealkylation sites (N-methyl/N-ethyl adjacent to an activating group) is 1. The summed E-state index contributed by atoms with van der Waals surface area (Å²) >= 11 is 0. The van der Waals surface area contributed by atoms with Crippen LogP contribution in [0.3, 0.4) is 0 Å². The van der Waals surface area contributed by atoms with Crippen molar-refractivity contribution in [3.8, 4) is 0 Å². The largest absolute Gasteiger partial charge is 0.324 e. The third-order valence-electron chi connectivity index (χ3n) is 4.19. The molecule has 0 bridgehead atoms. The summed E-state index contributed by atoms with van der Waals surface area (Å²) in [6.07, 6.45) is 2.29. The molecule has 2 saturated heterocycles. The molecule has 94 valence electrons. The molecule has 0 saturated carbocycles. The van der Waals surface area contributed by atoms with Crippen molar-refractivity contribution in [3.05, 3.63) is 0 Å². The van der Waals surface area contributed by atoms with Crippen molar-refractivity contribution >= 4 is 0 Å². The molecule has 0 aromatic rings. The summed E-state index contributed by atoms with van der Waals surface area (Å²) in [5.74, 6) is 0. The summed E-state index contributed by atoms with van der Waals surface area (Å²) in [6.45, 7) is 5.79. The summed E-state index contributed by atoms with van der Waals surface area (Å²) in [7, 11) is 6.51. The summed E-state index contributed by atoms with van der Waals surface area (Å²) in [5.41, 5.74) is 6.54. The Balaban J connectivity index is 1.74. The normalized spacial score (nSPS) is 28.3. The van der Waals surface area contributed by atoms with Gasteiger partial charge in [-0.25, -0.2) is 0 Å². The van der Waals surface area contributed by atoms with Crippen molar-refractivity contribution in [2.75, 3.05) is 53.9 Å². The van der Waals surface area contributed by atoms with Gasteiger partial charge in [0.2, 0.25) is 0 Å². The molecular weight excluding hydrogens is 200 g/mol. The Labute approximate surface area is 99.4 Å². The van der Waals surface area contributed by atoms with Gasteiger partial charge in [0.1, 0.15) is 0 Å². The van der Waals surface area contributed by atoms with E-state index in [1.54, 1.807) is 0 Å². The van der Waals surface area contributed by atoms with Crippen LogP contribution >= 0.6 is 0 Å². The fourth-order valence-electron chi connectivity index (χ4n) is 2.67. The highest BCUT2D eigenvalue weighted by molar-refractivity contribution is 4.96. The Bertz CT molecular complexity index is 227. The third-order valence-corrected chi connectivity index (χ3v) is 4.19. The van der Waals surface area contributed by atoms with Gasteiger partial charge < -0.3 is 15.5 Å². The van der Waals surface area contributed by atoms with E-state index in [4.69, 9.17) is 5.73 Å². The molecule has 2 rings (SSSR count). The predicted octanol–water partition coefficient (Wildman–Crippen LogP) is -0.345. The molecule has 4 heteroatoms. The van der Waals surface area contributed by atoms with Gasteiger partial charge in [0.05, 0.1) is 0 Å². The average Bonchev–Trinajstić information content (AvgIpc) is 2.16. The molecule has 2 fully saturated rings. The number of likely N-dealkylation sites (tertiary alicyclic amines) is 2. The molecule has 0 amide bonds. The molecule has 2 aliphatic rings. The molecule has 2 heterocycles. The fourth-order valence-corrected chi connectivity index (χ4v) is 2.67. The van der Waals surface area contributed by atoms with Crippen LogP contribution in [-0.2, 0) is 0 Å². The highest BCUT2D eigenvalue weighted by atomic mass is 15.3. The van der Waals surface area contributed by atoms with Gasteiger partial charge in [-0.1, -0.05) is 0 Å². The summed E-state index contributed by atoms with van der Waals surface area (Å²) < 4.78 is 0. The van der Waals surface area contributed by atoms with E-state index >= 15 is 0 Å². The summed E-state index contributed by atoms with van der Waals surface area (Å²) in [4.78, 5) is 7.20.